The van der Waals surface area contributed by atoms with Gasteiger partial charge in [0, 0.05) is 5.88 Å². The summed E-state index contributed by atoms with van der Waals surface area (Å²) in [7, 11) is 0. The summed E-state index contributed by atoms with van der Waals surface area (Å²) in [6.45, 7) is 7.28. The minimum Gasteiger partial charge on any atom is -0.294 e. The Hall–Kier alpha value is 0.310. The Morgan fingerprint density at radius 1 is 1.33 bits per heavy atom. The van der Waals surface area contributed by atoms with Gasteiger partial charge in [0.05, 0.1) is 0 Å². The van der Waals surface area contributed by atoms with Gasteiger partial charge in [0.25, 0.3) is 0 Å². The van der Waals surface area contributed by atoms with E-state index in [4.69, 9.17) is 0 Å². The molecule has 0 amide bonds. The quantitative estimate of drug-likeness (QED) is 0.668. The monoisotopic (exact) mass is 187 g/mol. The fourth-order valence-corrected chi connectivity index (χ4v) is 2.37. The maximum Gasteiger partial charge on any atom is 0.0444 e. The van der Waals surface area contributed by atoms with Crippen molar-refractivity contribution in [3.05, 3.63) is 0 Å². The lowest BCUT2D eigenvalue weighted by Crippen LogP contribution is -2.24. The summed E-state index contributed by atoms with van der Waals surface area (Å²) in [6, 6.07) is 0. The van der Waals surface area contributed by atoms with Crippen molar-refractivity contribution in [3.8, 4) is 0 Å². The topological polar surface area (TPSA) is 3.24 Å². The van der Waals surface area contributed by atoms with E-state index in [0.717, 1.165) is 5.92 Å². The molecule has 1 aliphatic heterocycles. The van der Waals surface area contributed by atoms with Gasteiger partial charge < -0.3 is 0 Å². The summed E-state index contributed by atoms with van der Waals surface area (Å²) in [4.78, 5) is 2.61. The van der Waals surface area contributed by atoms with Gasteiger partial charge >= 0.3 is 0 Å². The van der Waals surface area contributed by atoms with E-state index in [1.165, 1.54) is 44.0 Å². The van der Waals surface area contributed by atoms with Gasteiger partial charge in [-0.25, -0.2) is 0 Å². The van der Waals surface area contributed by atoms with Crippen molar-refractivity contribution in [1.29, 1.82) is 0 Å². The lowest BCUT2D eigenvalue weighted by Gasteiger charge is -2.18. The number of thioether (sulfide) groups is 1. The molecule has 1 aliphatic rings. The SMILES string of the molecule is CCSCN1CCCC(C)CC1. The van der Waals surface area contributed by atoms with Gasteiger partial charge in [-0.3, -0.25) is 4.90 Å². The van der Waals surface area contributed by atoms with E-state index in [1.807, 2.05) is 0 Å². The van der Waals surface area contributed by atoms with Crippen LogP contribution in [-0.4, -0.2) is 29.6 Å². The van der Waals surface area contributed by atoms with E-state index in [2.05, 4.69) is 30.5 Å². The fraction of sp³-hybridized carbons (Fsp3) is 1.00. The Labute approximate surface area is 80.9 Å². The Morgan fingerprint density at radius 2 is 2.17 bits per heavy atom. The highest BCUT2D eigenvalue weighted by atomic mass is 32.2. The molecule has 0 aromatic rings. The molecule has 0 aliphatic carbocycles. The molecule has 1 nitrogen and oxygen atoms in total. The number of hydrogen-bond acceptors (Lipinski definition) is 2. The molecule has 0 spiro atoms. The van der Waals surface area contributed by atoms with Gasteiger partial charge in [-0.15, -0.1) is 11.8 Å². The first-order valence-electron chi connectivity index (χ1n) is 5.13. The van der Waals surface area contributed by atoms with Gasteiger partial charge in [0.15, 0.2) is 0 Å². The highest BCUT2D eigenvalue weighted by molar-refractivity contribution is 7.99. The average Bonchev–Trinajstić information content (AvgIpc) is 2.27. The predicted molar refractivity (Wildman–Crippen MR) is 57.6 cm³/mol. The van der Waals surface area contributed by atoms with Crippen molar-refractivity contribution >= 4 is 11.8 Å². The molecular formula is C10H21NS. The molecule has 1 unspecified atom stereocenters. The van der Waals surface area contributed by atoms with E-state index < -0.39 is 0 Å². The zero-order valence-corrected chi connectivity index (χ0v) is 9.20. The van der Waals surface area contributed by atoms with Crippen LogP contribution < -0.4 is 0 Å². The van der Waals surface area contributed by atoms with E-state index in [0.29, 0.717) is 0 Å². The molecular weight excluding hydrogens is 166 g/mol. The van der Waals surface area contributed by atoms with Crippen LogP contribution in [0.3, 0.4) is 0 Å². The second-order valence-corrected chi connectivity index (χ2v) is 5.02. The van der Waals surface area contributed by atoms with Crippen molar-refractivity contribution in [3.63, 3.8) is 0 Å². The number of rotatable bonds is 3. The summed E-state index contributed by atoms with van der Waals surface area (Å²) >= 11 is 2.05. The molecule has 1 heterocycles. The predicted octanol–water partition coefficient (Wildman–Crippen LogP) is 2.82. The molecule has 0 aromatic heterocycles. The lowest BCUT2D eigenvalue weighted by atomic mass is 10.0. The fourth-order valence-electron chi connectivity index (χ4n) is 1.67. The van der Waals surface area contributed by atoms with Crippen LogP contribution in [0.2, 0.25) is 0 Å². The van der Waals surface area contributed by atoms with Gasteiger partial charge in [-0.2, -0.15) is 0 Å². The van der Waals surface area contributed by atoms with Crippen molar-refractivity contribution in [2.45, 2.75) is 33.1 Å². The second-order valence-electron chi connectivity index (χ2n) is 3.78. The van der Waals surface area contributed by atoms with E-state index >= 15 is 0 Å². The highest BCUT2D eigenvalue weighted by Gasteiger charge is 2.12. The highest BCUT2D eigenvalue weighted by Crippen LogP contribution is 2.17. The lowest BCUT2D eigenvalue weighted by molar-refractivity contribution is 0.330. The van der Waals surface area contributed by atoms with Crippen LogP contribution in [0.1, 0.15) is 33.1 Å². The first-order chi connectivity index (χ1) is 5.83. The number of hydrogen-bond donors (Lipinski definition) is 0. The Bertz CT molecular complexity index is 114. The minimum absolute atomic E-state index is 0.960. The van der Waals surface area contributed by atoms with Gasteiger partial charge in [0.2, 0.25) is 0 Å². The molecule has 2 heteroatoms. The Balaban J connectivity index is 2.17. The maximum absolute atomic E-state index is 2.61. The number of nitrogens with zero attached hydrogens (tertiary/aromatic N) is 1. The summed E-state index contributed by atoms with van der Waals surface area (Å²) in [5.41, 5.74) is 0. The molecule has 0 bridgehead atoms. The molecule has 1 rings (SSSR count). The summed E-state index contributed by atoms with van der Waals surface area (Å²) in [6.07, 6.45) is 4.25. The molecule has 0 radical (unpaired) electrons. The second kappa shape index (κ2) is 5.87. The van der Waals surface area contributed by atoms with Crippen LogP contribution in [0.5, 0.6) is 0 Å². The van der Waals surface area contributed by atoms with Crippen LogP contribution in [0.4, 0.5) is 0 Å². The molecule has 12 heavy (non-hydrogen) atoms. The molecule has 1 saturated heterocycles. The van der Waals surface area contributed by atoms with Crippen molar-refractivity contribution in [2.24, 2.45) is 5.92 Å². The third kappa shape index (κ3) is 3.81. The minimum atomic E-state index is 0.960. The van der Waals surface area contributed by atoms with E-state index in [1.54, 1.807) is 0 Å². The van der Waals surface area contributed by atoms with Crippen LogP contribution in [0, 0.1) is 5.92 Å². The van der Waals surface area contributed by atoms with Gasteiger partial charge in [-0.05, 0) is 44.0 Å². The van der Waals surface area contributed by atoms with Crippen molar-refractivity contribution in [1.82, 2.24) is 4.90 Å². The zero-order valence-electron chi connectivity index (χ0n) is 8.38. The maximum atomic E-state index is 2.61. The molecule has 0 aromatic carbocycles. The van der Waals surface area contributed by atoms with E-state index in [-0.39, 0.29) is 0 Å². The summed E-state index contributed by atoms with van der Waals surface area (Å²) < 4.78 is 0. The van der Waals surface area contributed by atoms with Crippen LogP contribution in [-0.2, 0) is 0 Å². The van der Waals surface area contributed by atoms with Crippen LogP contribution in [0.15, 0.2) is 0 Å². The molecule has 1 atom stereocenters. The summed E-state index contributed by atoms with van der Waals surface area (Å²) in [5.74, 6) is 3.47. The largest absolute Gasteiger partial charge is 0.294 e. The normalized spacial score (nSPS) is 27.0. The van der Waals surface area contributed by atoms with Gasteiger partial charge in [-0.1, -0.05) is 13.8 Å². The number of likely N-dealkylation sites (tertiary alicyclic amines) is 1. The smallest absolute Gasteiger partial charge is 0.0444 e. The third-order valence-electron chi connectivity index (χ3n) is 2.59. The standard InChI is InChI=1S/C10H21NS/c1-3-12-9-11-7-4-5-10(2)6-8-11/h10H,3-9H2,1-2H3. The molecule has 72 valence electrons. The summed E-state index contributed by atoms with van der Waals surface area (Å²) in [5, 5.41) is 0. The third-order valence-corrected chi connectivity index (χ3v) is 3.54. The van der Waals surface area contributed by atoms with Crippen LogP contribution in [0.25, 0.3) is 0 Å². The zero-order chi connectivity index (χ0) is 8.81. The first-order valence-corrected chi connectivity index (χ1v) is 6.28. The Kier molecular flexibility index (Phi) is 5.08. The average molecular weight is 187 g/mol. The molecule has 1 fully saturated rings. The van der Waals surface area contributed by atoms with Crippen molar-refractivity contribution < 1.29 is 0 Å². The molecule has 0 N–H and O–H groups in total. The van der Waals surface area contributed by atoms with Gasteiger partial charge in [0.1, 0.15) is 0 Å². The van der Waals surface area contributed by atoms with E-state index in [9.17, 15) is 0 Å². The first kappa shape index (κ1) is 10.4. The Morgan fingerprint density at radius 3 is 2.92 bits per heavy atom. The van der Waals surface area contributed by atoms with Crippen LogP contribution >= 0.6 is 11.8 Å². The van der Waals surface area contributed by atoms with Crippen molar-refractivity contribution in [2.75, 3.05) is 24.7 Å². The molecule has 0 saturated carbocycles.